The molecule has 5 heteroatoms. The molecular weight excluding hydrogens is 250 g/mol. The third-order valence-corrected chi connectivity index (χ3v) is 3.91. The summed E-state index contributed by atoms with van der Waals surface area (Å²) in [6.07, 6.45) is 3.36. The molecule has 0 spiro atoms. The van der Waals surface area contributed by atoms with Crippen LogP contribution in [-0.2, 0) is 11.3 Å². The van der Waals surface area contributed by atoms with E-state index in [4.69, 9.17) is 22.1 Å². The predicted molar refractivity (Wildman–Crippen MR) is 74.8 cm³/mol. The molecule has 1 heterocycles. The molecule has 1 rings (SSSR count). The minimum absolute atomic E-state index is 0.262. The number of aryl methyl sites for hydroxylation is 1. The van der Waals surface area contributed by atoms with Crippen molar-refractivity contribution in [3.8, 4) is 0 Å². The second-order valence-electron chi connectivity index (χ2n) is 4.38. The van der Waals surface area contributed by atoms with Crippen LogP contribution in [0.15, 0.2) is 6.20 Å². The van der Waals surface area contributed by atoms with Crippen molar-refractivity contribution in [1.29, 1.82) is 0 Å². The molecule has 0 amide bonds. The lowest BCUT2D eigenvalue weighted by Gasteiger charge is -2.37. The first kappa shape index (κ1) is 15.5. The van der Waals surface area contributed by atoms with E-state index in [1.54, 1.807) is 6.20 Å². The zero-order chi connectivity index (χ0) is 13.8. The highest BCUT2D eigenvalue weighted by molar-refractivity contribution is 6.31. The molecule has 0 saturated carbocycles. The Bertz CT molecular complexity index is 374. The first-order valence-corrected chi connectivity index (χ1v) is 7.04. The van der Waals surface area contributed by atoms with Gasteiger partial charge in [0, 0.05) is 13.2 Å². The Morgan fingerprint density at radius 1 is 1.39 bits per heavy atom. The normalized spacial score (nSPS) is 13.9. The topological polar surface area (TPSA) is 53.1 Å². The number of halogens is 1. The van der Waals surface area contributed by atoms with E-state index in [9.17, 15) is 0 Å². The highest BCUT2D eigenvalue weighted by atomic mass is 35.5. The minimum atomic E-state index is -0.370. The highest BCUT2D eigenvalue weighted by Gasteiger charge is 2.38. The molecule has 0 aromatic carbocycles. The fraction of sp³-hybridized carbons (Fsp3) is 0.769. The molecule has 0 aliphatic rings. The molecule has 0 bridgehead atoms. The van der Waals surface area contributed by atoms with E-state index in [0.29, 0.717) is 11.6 Å². The molecule has 0 aliphatic heterocycles. The number of ether oxygens (including phenoxy) is 1. The molecule has 0 saturated heterocycles. The summed E-state index contributed by atoms with van der Waals surface area (Å²) in [7, 11) is 0. The Hall–Kier alpha value is -0.580. The summed E-state index contributed by atoms with van der Waals surface area (Å²) in [6.45, 7) is 9.61. The number of rotatable bonds is 7. The van der Waals surface area contributed by atoms with Crippen LogP contribution in [0.1, 0.15) is 52.3 Å². The second-order valence-corrected chi connectivity index (χ2v) is 4.78. The van der Waals surface area contributed by atoms with Crippen LogP contribution in [0.5, 0.6) is 0 Å². The third kappa shape index (κ3) is 2.71. The van der Waals surface area contributed by atoms with Gasteiger partial charge in [0.15, 0.2) is 0 Å². The van der Waals surface area contributed by atoms with Crippen molar-refractivity contribution < 1.29 is 4.74 Å². The van der Waals surface area contributed by atoms with E-state index in [-0.39, 0.29) is 11.6 Å². The number of nitrogens with zero attached hydrogens (tertiary/aromatic N) is 2. The zero-order valence-electron chi connectivity index (χ0n) is 11.7. The summed E-state index contributed by atoms with van der Waals surface area (Å²) in [4.78, 5) is 0. The van der Waals surface area contributed by atoms with Gasteiger partial charge in [-0.3, -0.25) is 4.68 Å². The molecule has 4 nitrogen and oxygen atoms in total. The van der Waals surface area contributed by atoms with E-state index in [0.717, 1.165) is 25.1 Å². The Labute approximate surface area is 114 Å². The van der Waals surface area contributed by atoms with Crippen molar-refractivity contribution in [2.45, 2.75) is 58.7 Å². The van der Waals surface area contributed by atoms with E-state index < -0.39 is 0 Å². The lowest BCUT2D eigenvalue weighted by atomic mass is 9.86. The van der Waals surface area contributed by atoms with Crippen molar-refractivity contribution >= 4 is 11.6 Å². The van der Waals surface area contributed by atoms with Crippen LogP contribution in [0.3, 0.4) is 0 Å². The van der Waals surface area contributed by atoms with Crippen LogP contribution in [0.25, 0.3) is 0 Å². The van der Waals surface area contributed by atoms with E-state index in [1.807, 2.05) is 18.5 Å². The minimum Gasteiger partial charge on any atom is -0.373 e. The van der Waals surface area contributed by atoms with Crippen molar-refractivity contribution in [3.05, 3.63) is 16.9 Å². The van der Waals surface area contributed by atoms with Crippen molar-refractivity contribution in [1.82, 2.24) is 9.78 Å². The molecule has 1 atom stereocenters. The van der Waals surface area contributed by atoms with Crippen LogP contribution < -0.4 is 5.73 Å². The van der Waals surface area contributed by atoms with Crippen LogP contribution in [-0.4, -0.2) is 22.0 Å². The van der Waals surface area contributed by atoms with Crippen molar-refractivity contribution in [2.24, 2.45) is 5.73 Å². The van der Waals surface area contributed by atoms with Crippen molar-refractivity contribution in [2.75, 3.05) is 6.61 Å². The van der Waals surface area contributed by atoms with Crippen LogP contribution in [0.4, 0.5) is 0 Å². The third-order valence-electron chi connectivity index (χ3n) is 3.62. The Morgan fingerprint density at radius 2 is 2.00 bits per heavy atom. The summed E-state index contributed by atoms with van der Waals surface area (Å²) in [6, 6.07) is -0.262. The van der Waals surface area contributed by atoms with Crippen molar-refractivity contribution in [3.63, 3.8) is 0 Å². The van der Waals surface area contributed by atoms with Crippen LogP contribution >= 0.6 is 11.6 Å². The summed E-state index contributed by atoms with van der Waals surface area (Å²) in [5.74, 6) is 0. The maximum atomic E-state index is 6.43. The van der Waals surface area contributed by atoms with Gasteiger partial charge in [0.25, 0.3) is 0 Å². The average Bonchev–Trinajstić information content (AvgIpc) is 2.76. The summed E-state index contributed by atoms with van der Waals surface area (Å²) >= 11 is 6.22. The summed E-state index contributed by atoms with van der Waals surface area (Å²) < 4.78 is 7.80. The Morgan fingerprint density at radius 3 is 2.44 bits per heavy atom. The Kier molecular flexibility index (Phi) is 5.63. The van der Waals surface area contributed by atoms with Gasteiger partial charge in [-0.15, -0.1) is 0 Å². The standard InChI is InChI=1S/C13H24ClN3O/c1-5-13(6-2,18-8-4)12(15)11-10(14)9-16-17(11)7-3/h9,12H,5-8,15H2,1-4H3. The van der Waals surface area contributed by atoms with Crippen LogP contribution in [0.2, 0.25) is 5.02 Å². The molecule has 2 N–H and O–H groups in total. The Balaban J connectivity index is 3.16. The fourth-order valence-electron chi connectivity index (χ4n) is 2.45. The monoisotopic (exact) mass is 273 g/mol. The number of hydrogen-bond acceptors (Lipinski definition) is 3. The van der Waals surface area contributed by atoms with Gasteiger partial charge >= 0.3 is 0 Å². The van der Waals surface area contributed by atoms with Crippen LogP contribution in [0, 0.1) is 0 Å². The molecule has 0 aliphatic carbocycles. The van der Waals surface area contributed by atoms with Gasteiger partial charge in [-0.1, -0.05) is 25.4 Å². The SMILES string of the molecule is CCOC(CC)(CC)C(N)c1c(Cl)cnn1CC. The molecule has 0 radical (unpaired) electrons. The molecule has 0 fully saturated rings. The molecule has 18 heavy (non-hydrogen) atoms. The molecule has 1 aromatic rings. The highest BCUT2D eigenvalue weighted by Crippen LogP contribution is 2.36. The van der Waals surface area contributed by atoms with Gasteiger partial charge in [0.05, 0.1) is 28.6 Å². The largest absolute Gasteiger partial charge is 0.373 e. The van der Waals surface area contributed by atoms with Gasteiger partial charge < -0.3 is 10.5 Å². The fourth-order valence-corrected chi connectivity index (χ4v) is 2.71. The first-order chi connectivity index (χ1) is 8.56. The lowest BCUT2D eigenvalue weighted by molar-refractivity contribution is -0.0661. The van der Waals surface area contributed by atoms with E-state index in [1.165, 1.54) is 0 Å². The molecule has 1 unspecified atom stereocenters. The lowest BCUT2D eigenvalue weighted by Crippen LogP contribution is -2.44. The smallest absolute Gasteiger partial charge is 0.0884 e. The van der Waals surface area contributed by atoms with E-state index in [2.05, 4.69) is 18.9 Å². The maximum absolute atomic E-state index is 6.43. The number of aromatic nitrogens is 2. The van der Waals surface area contributed by atoms with Gasteiger partial charge in [-0.25, -0.2) is 0 Å². The zero-order valence-corrected chi connectivity index (χ0v) is 12.5. The quantitative estimate of drug-likeness (QED) is 0.830. The second kappa shape index (κ2) is 6.55. The average molecular weight is 274 g/mol. The first-order valence-electron chi connectivity index (χ1n) is 6.66. The summed E-state index contributed by atoms with van der Waals surface area (Å²) in [5, 5.41) is 4.87. The molecular formula is C13H24ClN3O. The number of hydrogen-bond donors (Lipinski definition) is 1. The number of nitrogens with two attached hydrogens (primary N) is 1. The van der Waals surface area contributed by atoms with Gasteiger partial charge in [0.2, 0.25) is 0 Å². The summed E-state index contributed by atoms with van der Waals surface area (Å²) in [5.41, 5.74) is 6.93. The van der Waals surface area contributed by atoms with Gasteiger partial charge in [0.1, 0.15) is 0 Å². The molecule has 104 valence electrons. The molecule has 1 aromatic heterocycles. The predicted octanol–water partition coefficient (Wildman–Crippen LogP) is 3.15. The van der Waals surface area contributed by atoms with Gasteiger partial charge in [-0.05, 0) is 26.7 Å². The maximum Gasteiger partial charge on any atom is 0.0884 e. The van der Waals surface area contributed by atoms with Gasteiger partial charge in [-0.2, -0.15) is 5.10 Å². The van der Waals surface area contributed by atoms with E-state index >= 15 is 0 Å².